The standard InChI is InChI=1S/C51H34N4/c1-3-10-35(11-4-1)36-18-22-39(23-19-36)47-34-48(54-51(53-47)40-24-20-37(21-25-40)38-28-30-52-31-29-38)43-13-9-12-41(32-43)42-26-27-46-45-16-7-8-17-49(45)55(50(46)33-42)44-14-5-2-6-15-44/h1-34H. The maximum atomic E-state index is 5.21. The van der Waals surface area contributed by atoms with Crippen LogP contribution in [0.2, 0.25) is 0 Å². The molecule has 0 radical (unpaired) electrons. The minimum Gasteiger partial charge on any atom is -0.309 e. The molecule has 0 saturated carbocycles. The second kappa shape index (κ2) is 13.8. The van der Waals surface area contributed by atoms with Gasteiger partial charge in [-0.3, -0.25) is 4.98 Å². The van der Waals surface area contributed by atoms with Crippen LogP contribution in [0.1, 0.15) is 0 Å². The summed E-state index contributed by atoms with van der Waals surface area (Å²) in [6.07, 6.45) is 3.64. The molecule has 4 heteroatoms. The molecule has 10 aromatic rings. The van der Waals surface area contributed by atoms with Gasteiger partial charge in [-0.15, -0.1) is 0 Å². The van der Waals surface area contributed by atoms with Gasteiger partial charge >= 0.3 is 0 Å². The van der Waals surface area contributed by atoms with Crippen LogP contribution < -0.4 is 0 Å². The Kier molecular flexibility index (Phi) is 8.12. The Morgan fingerprint density at radius 3 is 1.56 bits per heavy atom. The number of pyridine rings is 1. The van der Waals surface area contributed by atoms with Crippen LogP contribution in [0, 0.1) is 0 Å². The summed E-state index contributed by atoms with van der Waals surface area (Å²) in [7, 11) is 0. The van der Waals surface area contributed by atoms with E-state index < -0.39 is 0 Å². The first kappa shape index (κ1) is 32.2. The monoisotopic (exact) mass is 702 g/mol. The second-order valence-corrected chi connectivity index (χ2v) is 13.7. The molecule has 0 unspecified atom stereocenters. The maximum Gasteiger partial charge on any atom is 0.160 e. The summed E-state index contributed by atoms with van der Waals surface area (Å²) >= 11 is 0. The molecule has 0 spiro atoms. The maximum absolute atomic E-state index is 5.21. The lowest BCUT2D eigenvalue weighted by molar-refractivity contribution is 1.18. The lowest BCUT2D eigenvalue weighted by Crippen LogP contribution is -1.96. The number of fused-ring (bicyclic) bond motifs is 3. The Labute approximate surface area is 319 Å². The van der Waals surface area contributed by atoms with Crippen LogP contribution in [0.15, 0.2) is 207 Å². The summed E-state index contributed by atoms with van der Waals surface area (Å²) in [4.78, 5) is 14.5. The van der Waals surface area contributed by atoms with E-state index in [2.05, 4.69) is 185 Å². The van der Waals surface area contributed by atoms with E-state index in [0.29, 0.717) is 5.82 Å². The van der Waals surface area contributed by atoms with E-state index in [0.717, 1.165) is 56.0 Å². The molecule has 3 aromatic heterocycles. The highest BCUT2D eigenvalue weighted by atomic mass is 15.0. The highest BCUT2D eigenvalue weighted by molar-refractivity contribution is 6.10. The fraction of sp³-hybridized carbons (Fsp3) is 0. The zero-order valence-corrected chi connectivity index (χ0v) is 29.9. The SMILES string of the molecule is c1ccc(-c2ccc(-c3cc(-c4cccc(-c5ccc6c7ccccc7n(-c7ccccc7)c6c5)c4)nc(-c4ccc(-c5ccncc5)cc4)n3)cc2)cc1. The molecule has 0 aliphatic rings. The zero-order valence-electron chi connectivity index (χ0n) is 29.9. The number of para-hydroxylation sites is 2. The first-order chi connectivity index (χ1) is 27.2. The Bertz CT molecular complexity index is 2830. The van der Waals surface area contributed by atoms with Gasteiger partial charge in [-0.05, 0) is 81.9 Å². The van der Waals surface area contributed by atoms with Crippen molar-refractivity contribution in [3.8, 4) is 73.0 Å². The van der Waals surface area contributed by atoms with Crippen LogP contribution in [-0.2, 0) is 0 Å². The van der Waals surface area contributed by atoms with Crippen molar-refractivity contribution >= 4 is 21.8 Å². The number of aromatic nitrogens is 4. The summed E-state index contributed by atoms with van der Waals surface area (Å²) in [6, 6.07) is 68.5. The van der Waals surface area contributed by atoms with Gasteiger partial charge in [0.25, 0.3) is 0 Å². The van der Waals surface area contributed by atoms with Crippen LogP contribution in [0.5, 0.6) is 0 Å². The zero-order chi connectivity index (χ0) is 36.6. The van der Waals surface area contributed by atoms with Crippen molar-refractivity contribution in [2.45, 2.75) is 0 Å². The number of hydrogen-bond acceptors (Lipinski definition) is 3. The van der Waals surface area contributed by atoms with Gasteiger partial charge in [0.15, 0.2) is 5.82 Å². The molecular formula is C51H34N4. The lowest BCUT2D eigenvalue weighted by atomic mass is 9.99. The number of benzene rings is 7. The summed E-state index contributed by atoms with van der Waals surface area (Å²) in [6.45, 7) is 0. The fourth-order valence-electron chi connectivity index (χ4n) is 7.56. The highest BCUT2D eigenvalue weighted by Crippen LogP contribution is 2.36. The minimum absolute atomic E-state index is 0.681. The van der Waals surface area contributed by atoms with Crippen molar-refractivity contribution < 1.29 is 0 Å². The van der Waals surface area contributed by atoms with Crippen molar-refractivity contribution in [2.75, 3.05) is 0 Å². The molecule has 7 aromatic carbocycles. The molecule has 0 saturated heterocycles. The Morgan fingerprint density at radius 1 is 0.309 bits per heavy atom. The fourth-order valence-corrected chi connectivity index (χ4v) is 7.56. The van der Waals surface area contributed by atoms with Gasteiger partial charge in [-0.1, -0.05) is 146 Å². The molecule has 258 valence electrons. The van der Waals surface area contributed by atoms with Gasteiger partial charge in [0, 0.05) is 45.5 Å². The van der Waals surface area contributed by atoms with Gasteiger partial charge in [0.1, 0.15) is 0 Å². The largest absolute Gasteiger partial charge is 0.309 e. The molecule has 0 fully saturated rings. The van der Waals surface area contributed by atoms with Gasteiger partial charge in [0.2, 0.25) is 0 Å². The van der Waals surface area contributed by atoms with E-state index in [4.69, 9.17) is 9.97 Å². The minimum atomic E-state index is 0.681. The Hall–Kier alpha value is -7.43. The van der Waals surface area contributed by atoms with Crippen molar-refractivity contribution in [3.63, 3.8) is 0 Å². The molecule has 10 rings (SSSR count). The third-order valence-electron chi connectivity index (χ3n) is 10.4. The third-order valence-corrected chi connectivity index (χ3v) is 10.4. The highest BCUT2D eigenvalue weighted by Gasteiger charge is 2.15. The van der Waals surface area contributed by atoms with Crippen LogP contribution in [0.4, 0.5) is 0 Å². The number of hydrogen-bond donors (Lipinski definition) is 0. The van der Waals surface area contributed by atoms with Crippen molar-refractivity contribution in [1.29, 1.82) is 0 Å². The first-order valence-electron chi connectivity index (χ1n) is 18.5. The molecule has 0 aliphatic heterocycles. The van der Waals surface area contributed by atoms with Gasteiger partial charge in [-0.2, -0.15) is 0 Å². The van der Waals surface area contributed by atoms with Crippen LogP contribution in [0.3, 0.4) is 0 Å². The molecule has 55 heavy (non-hydrogen) atoms. The quantitative estimate of drug-likeness (QED) is 0.166. The lowest BCUT2D eigenvalue weighted by Gasteiger charge is -2.12. The average Bonchev–Trinajstić information content (AvgIpc) is 3.61. The van der Waals surface area contributed by atoms with Gasteiger partial charge in [0.05, 0.1) is 22.4 Å². The van der Waals surface area contributed by atoms with Gasteiger partial charge < -0.3 is 4.57 Å². The number of rotatable bonds is 7. The second-order valence-electron chi connectivity index (χ2n) is 13.7. The molecule has 0 N–H and O–H groups in total. The summed E-state index contributed by atoms with van der Waals surface area (Å²) < 4.78 is 2.37. The van der Waals surface area contributed by atoms with Crippen LogP contribution in [-0.4, -0.2) is 19.5 Å². The van der Waals surface area contributed by atoms with Crippen molar-refractivity contribution in [1.82, 2.24) is 19.5 Å². The molecule has 4 nitrogen and oxygen atoms in total. The molecule has 0 aliphatic carbocycles. The Morgan fingerprint density at radius 2 is 0.818 bits per heavy atom. The Balaban J connectivity index is 1.08. The van der Waals surface area contributed by atoms with E-state index in [1.54, 1.807) is 0 Å². The van der Waals surface area contributed by atoms with Crippen LogP contribution in [0.25, 0.3) is 94.8 Å². The van der Waals surface area contributed by atoms with E-state index in [1.165, 1.54) is 32.9 Å². The molecule has 0 bridgehead atoms. The number of nitrogens with zero attached hydrogens (tertiary/aromatic N) is 4. The molecule has 0 amide bonds. The molecule has 3 heterocycles. The van der Waals surface area contributed by atoms with E-state index in [1.807, 2.05) is 30.6 Å². The topological polar surface area (TPSA) is 43.6 Å². The summed E-state index contributed by atoms with van der Waals surface area (Å²) in [5.41, 5.74) is 15.1. The molecule has 0 atom stereocenters. The third kappa shape index (κ3) is 6.16. The summed E-state index contributed by atoms with van der Waals surface area (Å²) in [5.74, 6) is 0.681. The predicted octanol–water partition coefficient (Wildman–Crippen LogP) is 13.0. The molecular weight excluding hydrogens is 669 g/mol. The average molecular weight is 703 g/mol. The van der Waals surface area contributed by atoms with E-state index in [-0.39, 0.29) is 0 Å². The predicted molar refractivity (Wildman–Crippen MR) is 227 cm³/mol. The van der Waals surface area contributed by atoms with Crippen LogP contribution >= 0.6 is 0 Å². The van der Waals surface area contributed by atoms with Gasteiger partial charge in [-0.25, -0.2) is 9.97 Å². The normalized spacial score (nSPS) is 11.3. The van der Waals surface area contributed by atoms with Crippen molar-refractivity contribution in [3.05, 3.63) is 207 Å². The van der Waals surface area contributed by atoms with Crippen molar-refractivity contribution in [2.24, 2.45) is 0 Å². The first-order valence-corrected chi connectivity index (χ1v) is 18.5. The van der Waals surface area contributed by atoms with E-state index >= 15 is 0 Å². The smallest absolute Gasteiger partial charge is 0.160 e. The van der Waals surface area contributed by atoms with E-state index in [9.17, 15) is 0 Å². The summed E-state index contributed by atoms with van der Waals surface area (Å²) in [5, 5.41) is 2.48.